The summed E-state index contributed by atoms with van der Waals surface area (Å²) in [5.41, 5.74) is 5.84. The van der Waals surface area contributed by atoms with Crippen LogP contribution in [0.25, 0.3) is 0 Å². The quantitative estimate of drug-likeness (QED) is 0.338. The summed E-state index contributed by atoms with van der Waals surface area (Å²) in [5.74, 6) is 0.725. The van der Waals surface area contributed by atoms with Crippen LogP contribution in [0.15, 0.2) is 73.1 Å². The number of anilines is 1. The van der Waals surface area contributed by atoms with Crippen molar-refractivity contribution >= 4 is 23.2 Å². The van der Waals surface area contributed by atoms with Gasteiger partial charge < -0.3 is 14.8 Å². The van der Waals surface area contributed by atoms with Crippen LogP contribution in [0.3, 0.4) is 0 Å². The van der Waals surface area contributed by atoms with E-state index in [0.29, 0.717) is 23.7 Å². The van der Waals surface area contributed by atoms with Gasteiger partial charge in [-0.15, -0.1) is 10.2 Å². The van der Waals surface area contributed by atoms with Gasteiger partial charge in [0, 0.05) is 41.0 Å². The molecule has 1 fully saturated rings. The average molecular weight is 512 g/mol. The highest BCUT2D eigenvalue weighted by Crippen LogP contribution is 2.37. The largest absolute Gasteiger partial charge is 0.320 e. The molecule has 1 aromatic heterocycles. The van der Waals surface area contributed by atoms with Crippen LogP contribution in [-0.4, -0.2) is 26.2 Å². The predicted octanol–water partition coefficient (Wildman–Crippen LogP) is 5.84. The van der Waals surface area contributed by atoms with Gasteiger partial charge in [0.1, 0.15) is 12.2 Å². The SMILES string of the molecule is Cn1cnnc1C(c1ccccc1)c1cccc(N2Cc3c(Cl)cc(CNC4(C)CCC4)cc3C2=O)c1. The van der Waals surface area contributed by atoms with Gasteiger partial charge in [-0.2, -0.15) is 0 Å². The summed E-state index contributed by atoms with van der Waals surface area (Å²) in [7, 11) is 1.95. The Morgan fingerprint density at radius 1 is 1.05 bits per heavy atom. The molecule has 37 heavy (non-hydrogen) atoms. The first kappa shape index (κ1) is 23.9. The summed E-state index contributed by atoms with van der Waals surface area (Å²) >= 11 is 6.71. The van der Waals surface area contributed by atoms with Crippen LogP contribution >= 0.6 is 11.6 Å². The molecule has 1 atom stereocenters. The number of aromatic nitrogens is 3. The second kappa shape index (κ2) is 9.43. The van der Waals surface area contributed by atoms with E-state index in [9.17, 15) is 4.79 Å². The highest BCUT2D eigenvalue weighted by molar-refractivity contribution is 6.32. The fourth-order valence-electron chi connectivity index (χ4n) is 5.49. The number of nitrogens with zero attached hydrogens (tertiary/aromatic N) is 4. The topological polar surface area (TPSA) is 63.1 Å². The molecule has 1 aliphatic carbocycles. The highest BCUT2D eigenvalue weighted by Gasteiger charge is 2.33. The first-order chi connectivity index (χ1) is 17.9. The lowest BCUT2D eigenvalue weighted by atomic mass is 9.78. The molecule has 0 radical (unpaired) electrons. The molecule has 1 N–H and O–H groups in total. The molecule has 1 unspecified atom stereocenters. The van der Waals surface area contributed by atoms with Crippen molar-refractivity contribution in [1.82, 2.24) is 20.1 Å². The van der Waals surface area contributed by atoms with Crippen LogP contribution < -0.4 is 10.2 Å². The van der Waals surface area contributed by atoms with Crippen LogP contribution in [0.4, 0.5) is 5.69 Å². The van der Waals surface area contributed by atoms with Crippen molar-refractivity contribution in [2.75, 3.05) is 4.90 Å². The molecular formula is C30H30ClN5O. The maximum atomic E-state index is 13.6. The van der Waals surface area contributed by atoms with Gasteiger partial charge in [-0.1, -0.05) is 54.1 Å². The van der Waals surface area contributed by atoms with Crippen LogP contribution in [-0.2, 0) is 20.1 Å². The van der Waals surface area contributed by atoms with Crippen LogP contribution in [0.2, 0.25) is 5.02 Å². The smallest absolute Gasteiger partial charge is 0.258 e. The summed E-state index contributed by atoms with van der Waals surface area (Å²) < 4.78 is 1.95. The van der Waals surface area contributed by atoms with E-state index in [1.54, 1.807) is 6.33 Å². The molecule has 7 heteroatoms. The van der Waals surface area contributed by atoms with Crippen molar-refractivity contribution in [2.45, 2.75) is 50.7 Å². The number of fused-ring (bicyclic) bond motifs is 1. The number of rotatable bonds is 7. The van der Waals surface area contributed by atoms with E-state index in [-0.39, 0.29) is 17.4 Å². The number of hydrogen-bond donors (Lipinski definition) is 1. The van der Waals surface area contributed by atoms with Crippen molar-refractivity contribution in [2.24, 2.45) is 7.05 Å². The van der Waals surface area contributed by atoms with Gasteiger partial charge in [-0.05, 0) is 67.1 Å². The van der Waals surface area contributed by atoms with E-state index in [2.05, 4.69) is 46.7 Å². The zero-order valence-corrected chi connectivity index (χ0v) is 21.9. The molecule has 1 aliphatic heterocycles. The van der Waals surface area contributed by atoms with Gasteiger partial charge in [-0.3, -0.25) is 4.79 Å². The molecule has 4 aromatic rings. The van der Waals surface area contributed by atoms with E-state index in [1.165, 1.54) is 19.3 Å². The fraction of sp³-hybridized carbons (Fsp3) is 0.300. The molecule has 6 rings (SSSR count). The van der Waals surface area contributed by atoms with E-state index < -0.39 is 0 Å². The highest BCUT2D eigenvalue weighted by atomic mass is 35.5. The van der Waals surface area contributed by atoms with Crippen molar-refractivity contribution in [1.29, 1.82) is 0 Å². The Kier molecular flexibility index (Phi) is 6.09. The number of carbonyl (C=O) groups is 1. The van der Waals surface area contributed by atoms with E-state index in [1.807, 2.05) is 59.0 Å². The third kappa shape index (κ3) is 4.45. The second-order valence-electron chi connectivity index (χ2n) is 10.5. The van der Waals surface area contributed by atoms with Gasteiger partial charge in [-0.25, -0.2) is 0 Å². The normalized spacial score (nSPS) is 16.9. The number of benzene rings is 3. The van der Waals surface area contributed by atoms with Crippen molar-refractivity contribution in [3.8, 4) is 0 Å². The number of aryl methyl sites for hydroxylation is 1. The first-order valence-corrected chi connectivity index (χ1v) is 13.2. The molecule has 1 saturated carbocycles. The molecule has 2 aliphatic rings. The van der Waals surface area contributed by atoms with Crippen LogP contribution in [0.1, 0.15) is 70.5 Å². The van der Waals surface area contributed by atoms with Gasteiger partial charge in [0.15, 0.2) is 0 Å². The lowest BCUT2D eigenvalue weighted by molar-refractivity contribution is 0.0996. The summed E-state index contributed by atoms with van der Waals surface area (Å²) in [6.07, 6.45) is 5.36. The number of nitrogens with one attached hydrogen (secondary N) is 1. The fourth-order valence-corrected chi connectivity index (χ4v) is 5.79. The van der Waals surface area contributed by atoms with Crippen molar-refractivity contribution in [3.63, 3.8) is 0 Å². The molecular weight excluding hydrogens is 482 g/mol. The van der Waals surface area contributed by atoms with Gasteiger partial charge in [0.05, 0.1) is 12.5 Å². The van der Waals surface area contributed by atoms with Gasteiger partial charge >= 0.3 is 0 Å². The third-order valence-corrected chi connectivity index (χ3v) is 8.21. The lowest BCUT2D eigenvalue weighted by Gasteiger charge is -2.39. The minimum absolute atomic E-state index is 0.0133. The van der Waals surface area contributed by atoms with E-state index in [0.717, 1.165) is 33.8 Å². The van der Waals surface area contributed by atoms with Crippen molar-refractivity contribution in [3.05, 3.63) is 112 Å². The van der Waals surface area contributed by atoms with Crippen LogP contribution in [0.5, 0.6) is 0 Å². The molecule has 1 amide bonds. The summed E-state index contributed by atoms with van der Waals surface area (Å²) in [6.45, 7) is 3.43. The number of carbonyl (C=O) groups excluding carboxylic acids is 1. The van der Waals surface area contributed by atoms with Gasteiger partial charge in [0.25, 0.3) is 5.91 Å². The Morgan fingerprint density at radius 3 is 2.54 bits per heavy atom. The predicted molar refractivity (Wildman–Crippen MR) is 146 cm³/mol. The molecule has 0 bridgehead atoms. The summed E-state index contributed by atoms with van der Waals surface area (Å²) in [5, 5.41) is 12.8. The molecule has 3 aromatic carbocycles. The summed E-state index contributed by atoms with van der Waals surface area (Å²) in [6, 6.07) is 22.4. The molecule has 0 saturated heterocycles. The third-order valence-electron chi connectivity index (χ3n) is 7.88. The standard InChI is InChI=1S/C30H30ClN5O/c1-30(12-7-13-30)32-17-20-14-24-25(26(31)15-20)18-36(29(24)37)23-11-6-10-22(16-23)27(21-8-4-3-5-9-21)28-34-33-19-35(28)2/h3-6,8-11,14-16,19,27,32H,7,12-13,17-18H2,1-2H3. The van der Waals surface area contributed by atoms with E-state index >= 15 is 0 Å². The Morgan fingerprint density at radius 2 is 1.84 bits per heavy atom. The van der Waals surface area contributed by atoms with Gasteiger partial charge in [0.2, 0.25) is 0 Å². The average Bonchev–Trinajstić information content (AvgIpc) is 3.46. The zero-order valence-electron chi connectivity index (χ0n) is 21.1. The molecule has 2 heterocycles. The number of amides is 1. The maximum absolute atomic E-state index is 13.6. The lowest BCUT2D eigenvalue weighted by Crippen LogP contribution is -2.47. The zero-order chi connectivity index (χ0) is 25.6. The van der Waals surface area contributed by atoms with Crippen LogP contribution in [0, 0.1) is 0 Å². The Hall–Kier alpha value is -3.48. The second-order valence-corrected chi connectivity index (χ2v) is 10.9. The summed E-state index contributed by atoms with van der Waals surface area (Å²) in [4.78, 5) is 15.4. The number of halogens is 1. The minimum atomic E-state index is -0.108. The van der Waals surface area contributed by atoms with Crippen molar-refractivity contribution < 1.29 is 4.79 Å². The number of hydrogen-bond acceptors (Lipinski definition) is 4. The Balaban J connectivity index is 1.31. The monoisotopic (exact) mass is 511 g/mol. The minimum Gasteiger partial charge on any atom is -0.320 e. The maximum Gasteiger partial charge on any atom is 0.258 e. The first-order valence-electron chi connectivity index (χ1n) is 12.8. The Labute approximate surface area is 222 Å². The molecule has 188 valence electrons. The molecule has 6 nitrogen and oxygen atoms in total. The van der Waals surface area contributed by atoms with E-state index in [4.69, 9.17) is 11.6 Å². The molecule has 0 spiro atoms. The Bertz CT molecular complexity index is 1460.